The van der Waals surface area contributed by atoms with Crippen molar-refractivity contribution in [3.63, 3.8) is 0 Å². The molecule has 0 aliphatic carbocycles. The van der Waals surface area contributed by atoms with Gasteiger partial charge in [-0.2, -0.15) is 0 Å². The molecule has 5 nitrogen and oxygen atoms in total. The van der Waals surface area contributed by atoms with Gasteiger partial charge in [-0.05, 0) is 12.1 Å². The van der Waals surface area contributed by atoms with Crippen LogP contribution in [0.2, 0.25) is 0 Å². The molecule has 2 rings (SSSR count). The summed E-state index contributed by atoms with van der Waals surface area (Å²) in [6.07, 6.45) is 0. The number of carbonyl (C=O) groups is 2. The van der Waals surface area contributed by atoms with Gasteiger partial charge in [-0.3, -0.25) is 9.59 Å². The molecule has 1 heterocycles. The third-order valence-corrected chi connectivity index (χ3v) is 3.21. The van der Waals surface area contributed by atoms with Crippen LogP contribution < -0.4 is 5.32 Å². The van der Waals surface area contributed by atoms with Crippen LogP contribution in [0.3, 0.4) is 0 Å². The summed E-state index contributed by atoms with van der Waals surface area (Å²) in [6.45, 7) is 3.20. The second-order valence-electron chi connectivity index (χ2n) is 4.66. The molecule has 1 aromatic rings. The fourth-order valence-electron chi connectivity index (χ4n) is 2.09. The van der Waals surface area contributed by atoms with Crippen molar-refractivity contribution in [1.29, 1.82) is 0 Å². The zero-order chi connectivity index (χ0) is 13.7. The van der Waals surface area contributed by atoms with Crippen molar-refractivity contribution >= 4 is 24.2 Å². The van der Waals surface area contributed by atoms with Gasteiger partial charge in [0.2, 0.25) is 5.91 Å². The molecule has 1 aliphatic heterocycles. The van der Waals surface area contributed by atoms with E-state index in [0.29, 0.717) is 18.7 Å². The first kappa shape index (κ1) is 16.5. The van der Waals surface area contributed by atoms with E-state index in [1.54, 1.807) is 24.1 Å². The Kier molecular flexibility index (Phi) is 6.48. The van der Waals surface area contributed by atoms with Gasteiger partial charge < -0.3 is 15.1 Å². The van der Waals surface area contributed by atoms with Crippen molar-refractivity contribution in [2.24, 2.45) is 0 Å². The van der Waals surface area contributed by atoms with Crippen molar-refractivity contribution in [3.05, 3.63) is 35.9 Å². The molecule has 1 fully saturated rings. The van der Waals surface area contributed by atoms with E-state index in [4.69, 9.17) is 0 Å². The molecule has 110 valence electrons. The molecular weight excluding hydrogens is 278 g/mol. The fourth-order valence-corrected chi connectivity index (χ4v) is 2.09. The largest absolute Gasteiger partial charge is 0.339 e. The van der Waals surface area contributed by atoms with E-state index in [0.717, 1.165) is 13.1 Å². The molecule has 1 N–H and O–H groups in total. The normalized spacial score (nSPS) is 14.3. The Morgan fingerprint density at radius 3 is 2.40 bits per heavy atom. The van der Waals surface area contributed by atoms with Crippen LogP contribution in [0.4, 0.5) is 0 Å². The zero-order valence-electron chi connectivity index (χ0n) is 11.5. The number of benzene rings is 1. The number of likely N-dealkylation sites (N-methyl/N-ethyl adjacent to an activating group) is 1. The van der Waals surface area contributed by atoms with Crippen LogP contribution in [0.15, 0.2) is 30.3 Å². The lowest BCUT2D eigenvalue weighted by molar-refractivity contribution is -0.132. The summed E-state index contributed by atoms with van der Waals surface area (Å²) >= 11 is 0. The van der Waals surface area contributed by atoms with E-state index in [1.165, 1.54) is 4.90 Å². The summed E-state index contributed by atoms with van der Waals surface area (Å²) in [6, 6.07) is 9.02. The lowest BCUT2D eigenvalue weighted by Gasteiger charge is -2.29. The topological polar surface area (TPSA) is 52.7 Å². The molecule has 0 aromatic heterocycles. The minimum absolute atomic E-state index is 0. The summed E-state index contributed by atoms with van der Waals surface area (Å²) < 4.78 is 0. The number of nitrogens with one attached hydrogen (secondary N) is 1. The highest BCUT2D eigenvalue weighted by Crippen LogP contribution is 2.04. The summed E-state index contributed by atoms with van der Waals surface area (Å²) in [4.78, 5) is 27.4. The van der Waals surface area contributed by atoms with E-state index < -0.39 is 0 Å². The lowest BCUT2D eigenvalue weighted by Crippen LogP contribution is -2.49. The maximum atomic E-state index is 12.1. The number of halogens is 1. The average molecular weight is 298 g/mol. The maximum Gasteiger partial charge on any atom is 0.254 e. The molecule has 1 aliphatic rings. The predicted octanol–water partition coefficient (Wildman–Crippen LogP) is 0.612. The predicted molar refractivity (Wildman–Crippen MR) is 80.1 cm³/mol. The molecule has 1 saturated heterocycles. The number of nitrogens with zero attached hydrogens (tertiary/aromatic N) is 2. The highest BCUT2D eigenvalue weighted by Gasteiger charge is 2.20. The van der Waals surface area contributed by atoms with Gasteiger partial charge >= 0.3 is 0 Å². The minimum Gasteiger partial charge on any atom is -0.339 e. The summed E-state index contributed by atoms with van der Waals surface area (Å²) in [7, 11) is 1.66. The van der Waals surface area contributed by atoms with Crippen molar-refractivity contribution in [3.8, 4) is 0 Å². The van der Waals surface area contributed by atoms with Crippen LogP contribution in [0.5, 0.6) is 0 Å². The van der Waals surface area contributed by atoms with Crippen LogP contribution in [0, 0.1) is 0 Å². The van der Waals surface area contributed by atoms with Gasteiger partial charge in [0.25, 0.3) is 5.91 Å². The van der Waals surface area contributed by atoms with Crippen molar-refractivity contribution in [2.45, 2.75) is 0 Å². The van der Waals surface area contributed by atoms with Crippen molar-refractivity contribution in [1.82, 2.24) is 15.1 Å². The molecular formula is C14H20ClN3O2. The van der Waals surface area contributed by atoms with Gasteiger partial charge in [-0.15, -0.1) is 12.4 Å². The van der Waals surface area contributed by atoms with Crippen molar-refractivity contribution < 1.29 is 9.59 Å². The van der Waals surface area contributed by atoms with Crippen LogP contribution >= 0.6 is 12.4 Å². The molecule has 0 bridgehead atoms. The third kappa shape index (κ3) is 4.21. The molecule has 20 heavy (non-hydrogen) atoms. The Balaban J connectivity index is 0.00000200. The Hall–Kier alpha value is -1.59. The molecule has 0 atom stereocenters. The van der Waals surface area contributed by atoms with Gasteiger partial charge in [0.15, 0.2) is 0 Å². The van der Waals surface area contributed by atoms with Gasteiger partial charge in [0.1, 0.15) is 0 Å². The number of amides is 2. The zero-order valence-corrected chi connectivity index (χ0v) is 12.4. The van der Waals surface area contributed by atoms with Gasteiger partial charge in [0, 0.05) is 38.8 Å². The molecule has 0 radical (unpaired) electrons. The monoisotopic (exact) mass is 297 g/mol. The van der Waals surface area contributed by atoms with Crippen LogP contribution in [-0.2, 0) is 4.79 Å². The van der Waals surface area contributed by atoms with E-state index in [1.807, 2.05) is 18.2 Å². The van der Waals surface area contributed by atoms with Crippen LogP contribution in [0.25, 0.3) is 0 Å². The van der Waals surface area contributed by atoms with Gasteiger partial charge in [-0.25, -0.2) is 0 Å². The second-order valence-corrected chi connectivity index (χ2v) is 4.66. The standard InChI is InChI=1S/C14H19N3O2.ClH/c1-16(14(19)12-5-3-2-4-6-12)11-13(18)17-9-7-15-8-10-17;/h2-6,15H,7-11H2,1H3;1H. The van der Waals surface area contributed by atoms with Crippen LogP contribution in [0.1, 0.15) is 10.4 Å². The maximum absolute atomic E-state index is 12.1. The fraction of sp³-hybridized carbons (Fsp3) is 0.429. The molecule has 2 amide bonds. The quantitative estimate of drug-likeness (QED) is 0.889. The molecule has 6 heteroatoms. The molecule has 0 saturated carbocycles. The van der Waals surface area contributed by atoms with E-state index in [-0.39, 0.29) is 30.8 Å². The number of hydrogen-bond acceptors (Lipinski definition) is 3. The molecule has 0 unspecified atom stereocenters. The number of piperazine rings is 1. The van der Waals surface area contributed by atoms with E-state index in [9.17, 15) is 9.59 Å². The Labute approximate surface area is 125 Å². The number of hydrogen-bond donors (Lipinski definition) is 1. The summed E-state index contributed by atoms with van der Waals surface area (Å²) in [5, 5.41) is 3.20. The van der Waals surface area contributed by atoms with Crippen LogP contribution in [-0.4, -0.2) is 61.4 Å². The Morgan fingerprint density at radius 1 is 1.20 bits per heavy atom. The molecule has 1 aromatic carbocycles. The highest BCUT2D eigenvalue weighted by molar-refractivity contribution is 5.96. The van der Waals surface area contributed by atoms with Gasteiger partial charge in [0.05, 0.1) is 6.54 Å². The SMILES string of the molecule is CN(CC(=O)N1CCNCC1)C(=O)c1ccccc1.Cl. The average Bonchev–Trinajstić information content (AvgIpc) is 2.48. The second kappa shape index (κ2) is 7.87. The first-order valence-corrected chi connectivity index (χ1v) is 6.47. The first-order valence-electron chi connectivity index (χ1n) is 6.47. The summed E-state index contributed by atoms with van der Waals surface area (Å²) in [5.74, 6) is -0.114. The number of carbonyl (C=O) groups excluding carboxylic acids is 2. The third-order valence-electron chi connectivity index (χ3n) is 3.21. The highest BCUT2D eigenvalue weighted by atomic mass is 35.5. The minimum atomic E-state index is -0.121. The molecule has 0 spiro atoms. The van der Waals surface area contributed by atoms with Crippen molar-refractivity contribution in [2.75, 3.05) is 39.8 Å². The lowest BCUT2D eigenvalue weighted by atomic mass is 10.2. The number of rotatable bonds is 3. The first-order chi connectivity index (χ1) is 9.18. The van der Waals surface area contributed by atoms with E-state index >= 15 is 0 Å². The van der Waals surface area contributed by atoms with Gasteiger partial charge in [-0.1, -0.05) is 18.2 Å². The van der Waals surface area contributed by atoms with E-state index in [2.05, 4.69) is 5.32 Å². The smallest absolute Gasteiger partial charge is 0.254 e. The Bertz CT molecular complexity index is 447. The summed E-state index contributed by atoms with van der Waals surface area (Å²) in [5.41, 5.74) is 0.609. The Morgan fingerprint density at radius 2 is 1.80 bits per heavy atom.